The van der Waals surface area contributed by atoms with Gasteiger partial charge in [-0.05, 0) is 49.2 Å². The third kappa shape index (κ3) is 4.36. The number of benzene rings is 2. The third-order valence-corrected chi connectivity index (χ3v) is 4.10. The van der Waals surface area contributed by atoms with E-state index in [0.717, 1.165) is 33.6 Å². The number of rotatable bonds is 7. The molecule has 26 heavy (non-hydrogen) atoms. The Kier molecular flexibility index (Phi) is 5.46. The summed E-state index contributed by atoms with van der Waals surface area (Å²) in [5, 5.41) is 3.80. The largest absolute Gasteiger partial charge is 0.497 e. The van der Waals surface area contributed by atoms with Crippen molar-refractivity contribution in [2.24, 2.45) is 0 Å². The number of furan rings is 1. The van der Waals surface area contributed by atoms with Crippen LogP contribution in [0.15, 0.2) is 47.1 Å². The minimum atomic E-state index is -0.0625. The van der Waals surface area contributed by atoms with Crippen LogP contribution in [0.4, 0.5) is 0 Å². The highest BCUT2D eigenvalue weighted by atomic mass is 16.5. The van der Waals surface area contributed by atoms with Crippen molar-refractivity contribution in [1.82, 2.24) is 5.32 Å². The molecular weight excluding hydrogens is 330 g/mol. The van der Waals surface area contributed by atoms with Crippen molar-refractivity contribution in [3.05, 3.63) is 59.4 Å². The molecule has 0 radical (unpaired) electrons. The van der Waals surface area contributed by atoms with E-state index in [1.165, 1.54) is 0 Å². The monoisotopic (exact) mass is 353 g/mol. The average Bonchev–Trinajstić information content (AvgIpc) is 3.00. The van der Waals surface area contributed by atoms with E-state index in [9.17, 15) is 4.79 Å². The first-order valence-electron chi connectivity index (χ1n) is 8.57. The second-order valence-electron chi connectivity index (χ2n) is 6.32. The van der Waals surface area contributed by atoms with E-state index in [2.05, 4.69) is 11.4 Å². The van der Waals surface area contributed by atoms with Gasteiger partial charge < -0.3 is 19.2 Å². The van der Waals surface area contributed by atoms with Gasteiger partial charge in [0.15, 0.2) is 0 Å². The molecule has 2 aromatic carbocycles. The average molecular weight is 353 g/mol. The molecule has 0 aliphatic rings. The van der Waals surface area contributed by atoms with Crippen molar-refractivity contribution in [3.63, 3.8) is 0 Å². The first kappa shape index (κ1) is 17.9. The highest BCUT2D eigenvalue weighted by Gasteiger charge is 2.11. The number of amides is 1. The van der Waals surface area contributed by atoms with Gasteiger partial charge in [-0.2, -0.15) is 0 Å². The summed E-state index contributed by atoms with van der Waals surface area (Å²) in [5.74, 6) is 1.49. The van der Waals surface area contributed by atoms with Crippen molar-refractivity contribution < 1.29 is 18.7 Å². The predicted octanol–water partition coefficient (Wildman–Crippen LogP) is 3.80. The molecule has 0 unspecified atom stereocenters. The van der Waals surface area contributed by atoms with Crippen molar-refractivity contribution >= 4 is 16.9 Å². The van der Waals surface area contributed by atoms with Gasteiger partial charge in [0.2, 0.25) is 5.91 Å². The van der Waals surface area contributed by atoms with Crippen LogP contribution in [0, 0.1) is 13.8 Å². The summed E-state index contributed by atoms with van der Waals surface area (Å²) in [6.07, 6.45) is 1.89. The van der Waals surface area contributed by atoms with Crippen molar-refractivity contribution in [2.45, 2.75) is 20.3 Å². The van der Waals surface area contributed by atoms with E-state index >= 15 is 0 Å². The molecule has 136 valence electrons. The summed E-state index contributed by atoms with van der Waals surface area (Å²) in [6, 6.07) is 11.6. The van der Waals surface area contributed by atoms with E-state index in [4.69, 9.17) is 13.9 Å². The van der Waals surface area contributed by atoms with Crippen LogP contribution in [-0.2, 0) is 11.2 Å². The zero-order valence-electron chi connectivity index (χ0n) is 15.3. The third-order valence-electron chi connectivity index (χ3n) is 4.10. The second kappa shape index (κ2) is 7.95. The molecule has 3 aromatic rings. The van der Waals surface area contributed by atoms with Crippen LogP contribution in [0.2, 0.25) is 0 Å². The van der Waals surface area contributed by atoms with Crippen molar-refractivity contribution in [1.29, 1.82) is 0 Å². The summed E-state index contributed by atoms with van der Waals surface area (Å²) in [7, 11) is 1.61. The molecule has 0 saturated heterocycles. The molecule has 3 rings (SSSR count). The Bertz CT molecular complexity index is 893. The first-order chi connectivity index (χ1) is 12.5. The number of methoxy groups -OCH3 is 1. The molecule has 0 spiro atoms. The minimum Gasteiger partial charge on any atom is -0.497 e. The van der Waals surface area contributed by atoms with Crippen LogP contribution in [0.25, 0.3) is 11.0 Å². The topological polar surface area (TPSA) is 60.7 Å². The molecule has 0 bridgehead atoms. The summed E-state index contributed by atoms with van der Waals surface area (Å²) < 4.78 is 16.4. The number of carbonyl (C=O) groups excluding carboxylic acids is 1. The molecule has 0 saturated carbocycles. The van der Waals surface area contributed by atoms with Gasteiger partial charge >= 0.3 is 0 Å². The van der Waals surface area contributed by atoms with Gasteiger partial charge in [-0.1, -0.05) is 6.07 Å². The van der Waals surface area contributed by atoms with Gasteiger partial charge in [-0.15, -0.1) is 0 Å². The summed E-state index contributed by atoms with van der Waals surface area (Å²) in [6.45, 7) is 4.95. The molecule has 5 nitrogen and oxygen atoms in total. The Balaban J connectivity index is 1.50. The molecular formula is C21H23NO4. The molecule has 1 amide bonds. The van der Waals surface area contributed by atoms with Crippen LogP contribution in [0.5, 0.6) is 11.5 Å². The lowest BCUT2D eigenvalue weighted by Crippen LogP contribution is -2.29. The SMILES string of the molecule is COc1ccc2c(CC(=O)NCCOc3cc(C)cc(C)c3)coc2c1. The maximum Gasteiger partial charge on any atom is 0.224 e. The lowest BCUT2D eigenvalue weighted by molar-refractivity contribution is -0.120. The van der Waals surface area contributed by atoms with Crippen molar-refractivity contribution in [2.75, 3.05) is 20.3 Å². The Morgan fingerprint density at radius 2 is 1.85 bits per heavy atom. The van der Waals surface area contributed by atoms with Crippen LogP contribution >= 0.6 is 0 Å². The van der Waals surface area contributed by atoms with Crippen LogP contribution in [-0.4, -0.2) is 26.2 Å². The minimum absolute atomic E-state index is 0.0625. The second-order valence-corrected chi connectivity index (χ2v) is 6.32. The molecule has 0 aliphatic carbocycles. The quantitative estimate of drug-likeness (QED) is 0.657. The Labute approximate surface area is 152 Å². The lowest BCUT2D eigenvalue weighted by atomic mass is 10.1. The lowest BCUT2D eigenvalue weighted by Gasteiger charge is -2.09. The standard InChI is InChI=1S/C21H23NO4/c1-14-8-15(2)10-18(9-14)25-7-6-22-21(23)11-16-13-26-20-12-17(24-3)4-5-19(16)20/h4-5,8-10,12-13H,6-7,11H2,1-3H3,(H,22,23). The Morgan fingerprint density at radius 3 is 2.58 bits per heavy atom. The number of carbonyl (C=O) groups is 1. The molecule has 1 N–H and O–H groups in total. The predicted molar refractivity (Wildman–Crippen MR) is 101 cm³/mol. The maximum atomic E-state index is 12.2. The molecule has 1 aromatic heterocycles. The molecule has 5 heteroatoms. The molecule has 0 aliphatic heterocycles. The number of ether oxygens (including phenoxy) is 2. The van der Waals surface area contributed by atoms with Crippen LogP contribution in [0.1, 0.15) is 16.7 Å². The zero-order chi connectivity index (χ0) is 18.5. The first-order valence-corrected chi connectivity index (χ1v) is 8.57. The van der Waals surface area contributed by atoms with Gasteiger partial charge in [0.25, 0.3) is 0 Å². The van der Waals surface area contributed by atoms with Gasteiger partial charge in [-0.25, -0.2) is 0 Å². The Hall–Kier alpha value is -2.95. The number of hydrogen-bond acceptors (Lipinski definition) is 4. The van der Waals surface area contributed by atoms with Crippen LogP contribution < -0.4 is 14.8 Å². The van der Waals surface area contributed by atoms with Crippen molar-refractivity contribution in [3.8, 4) is 11.5 Å². The van der Waals surface area contributed by atoms with Gasteiger partial charge in [-0.3, -0.25) is 4.79 Å². The maximum absolute atomic E-state index is 12.2. The Morgan fingerprint density at radius 1 is 1.08 bits per heavy atom. The van der Waals surface area contributed by atoms with Gasteiger partial charge in [0, 0.05) is 17.0 Å². The van der Waals surface area contributed by atoms with Gasteiger partial charge in [0.05, 0.1) is 26.3 Å². The number of fused-ring (bicyclic) bond motifs is 1. The molecule has 0 fully saturated rings. The van der Waals surface area contributed by atoms with Crippen LogP contribution in [0.3, 0.4) is 0 Å². The summed E-state index contributed by atoms with van der Waals surface area (Å²) in [4.78, 5) is 12.2. The molecule has 0 atom stereocenters. The van der Waals surface area contributed by atoms with E-state index in [0.29, 0.717) is 18.7 Å². The molecule has 1 heterocycles. The van der Waals surface area contributed by atoms with E-state index in [1.54, 1.807) is 13.4 Å². The zero-order valence-corrected chi connectivity index (χ0v) is 15.3. The fourth-order valence-corrected chi connectivity index (χ4v) is 2.94. The van der Waals surface area contributed by atoms with E-state index in [-0.39, 0.29) is 12.3 Å². The van der Waals surface area contributed by atoms with E-state index in [1.807, 2.05) is 44.2 Å². The normalized spacial score (nSPS) is 10.7. The smallest absolute Gasteiger partial charge is 0.224 e. The number of hydrogen-bond donors (Lipinski definition) is 1. The number of nitrogens with one attached hydrogen (secondary N) is 1. The van der Waals surface area contributed by atoms with E-state index < -0.39 is 0 Å². The highest BCUT2D eigenvalue weighted by molar-refractivity contribution is 5.88. The fourth-order valence-electron chi connectivity index (χ4n) is 2.94. The van der Waals surface area contributed by atoms with Gasteiger partial charge in [0.1, 0.15) is 23.7 Å². The number of aryl methyl sites for hydroxylation is 2. The summed E-state index contributed by atoms with van der Waals surface area (Å²) >= 11 is 0. The fraction of sp³-hybridized carbons (Fsp3) is 0.286. The highest BCUT2D eigenvalue weighted by Crippen LogP contribution is 2.25. The summed E-state index contributed by atoms with van der Waals surface area (Å²) in [5.41, 5.74) is 3.89.